The van der Waals surface area contributed by atoms with Gasteiger partial charge in [0.05, 0.1) is 0 Å². The van der Waals surface area contributed by atoms with Gasteiger partial charge in [-0.25, -0.2) is 5.43 Å². The third-order valence-electron chi connectivity index (χ3n) is 1.60. The van der Waals surface area contributed by atoms with Crippen molar-refractivity contribution in [2.24, 2.45) is 0 Å². The number of hydrogen-bond acceptors (Lipinski definition) is 3. The van der Waals surface area contributed by atoms with Gasteiger partial charge in [0.15, 0.2) is 0 Å². The minimum Gasteiger partial charge on any atom is -0.368 e. The molecule has 0 saturated heterocycles. The third-order valence-corrected chi connectivity index (χ3v) is 1.60. The van der Waals surface area contributed by atoms with Crippen LogP contribution in [0.5, 0.6) is 0 Å². The maximum absolute atomic E-state index is 11.3. The van der Waals surface area contributed by atoms with Crippen LogP contribution in [0.25, 0.3) is 0 Å². The summed E-state index contributed by atoms with van der Waals surface area (Å²) < 4.78 is 4.70. The van der Waals surface area contributed by atoms with Gasteiger partial charge in [-0.1, -0.05) is 0 Å². The van der Waals surface area contributed by atoms with E-state index in [2.05, 4.69) is 15.8 Å². The number of hydrogen-bond donors (Lipinski definition) is 3. The molecule has 0 bridgehead atoms. The van der Waals surface area contributed by atoms with E-state index in [1.165, 1.54) is 0 Å². The Balaban J connectivity index is 2.45. The SMILES string of the molecule is COCNNC(=O)c1[nH]ccc1C. The van der Waals surface area contributed by atoms with Gasteiger partial charge in [0, 0.05) is 13.3 Å². The van der Waals surface area contributed by atoms with Crippen LogP contribution in [0.3, 0.4) is 0 Å². The first-order valence-corrected chi connectivity index (χ1v) is 3.92. The standard InChI is InChI=1S/C8H13N3O2/c1-6-3-4-9-7(6)8(12)11-10-5-13-2/h3-4,9-10H,5H2,1-2H3,(H,11,12). The first-order chi connectivity index (χ1) is 6.25. The highest BCUT2D eigenvalue weighted by molar-refractivity contribution is 5.93. The van der Waals surface area contributed by atoms with Gasteiger partial charge in [-0.3, -0.25) is 10.2 Å². The van der Waals surface area contributed by atoms with Crippen LogP contribution in [0.4, 0.5) is 0 Å². The monoisotopic (exact) mass is 183 g/mol. The molecule has 5 nitrogen and oxygen atoms in total. The van der Waals surface area contributed by atoms with Crippen LogP contribution < -0.4 is 10.9 Å². The number of H-pyrrole nitrogens is 1. The number of hydrazine groups is 1. The van der Waals surface area contributed by atoms with E-state index in [0.29, 0.717) is 5.69 Å². The molecule has 0 atom stereocenters. The summed E-state index contributed by atoms with van der Waals surface area (Å²) in [6.45, 7) is 2.15. The van der Waals surface area contributed by atoms with Crippen LogP contribution in [0.15, 0.2) is 12.3 Å². The fourth-order valence-corrected chi connectivity index (χ4v) is 0.943. The molecule has 13 heavy (non-hydrogen) atoms. The van der Waals surface area contributed by atoms with E-state index >= 15 is 0 Å². The Morgan fingerprint density at radius 2 is 2.46 bits per heavy atom. The fourth-order valence-electron chi connectivity index (χ4n) is 0.943. The largest absolute Gasteiger partial charge is 0.368 e. The molecule has 0 aromatic carbocycles. The summed E-state index contributed by atoms with van der Waals surface area (Å²) in [7, 11) is 1.54. The van der Waals surface area contributed by atoms with E-state index in [9.17, 15) is 4.79 Å². The number of carbonyl (C=O) groups is 1. The highest BCUT2D eigenvalue weighted by Crippen LogP contribution is 2.02. The van der Waals surface area contributed by atoms with Crippen molar-refractivity contribution in [3.8, 4) is 0 Å². The summed E-state index contributed by atoms with van der Waals surface area (Å²) in [5.41, 5.74) is 6.56. The molecule has 0 fully saturated rings. The quantitative estimate of drug-likeness (QED) is 0.354. The summed E-state index contributed by atoms with van der Waals surface area (Å²) in [6.07, 6.45) is 1.72. The Morgan fingerprint density at radius 3 is 3.00 bits per heavy atom. The lowest BCUT2D eigenvalue weighted by Gasteiger charge is -2.04. The molecule has 0 spiro atoms. The van der Waals surface area contributed by atoms with Gasteiger partial charge >= 0.3 is 0 Å². The summed E-state index contributed by atoms with van der Waals surface area (Å²) in [5, 5.41) is 0. The van der Waals surface area contributed by atoms with E-state index in [1.807, 2.05) is 13.0 Å². The number of ether oxygens (including phenoxy) is 1. The topological polar surface area (TPSA) is 66.2 Å². The minimum atomic E-state index is -0.195. The molecule has 1 heterocycles. The van der Waals surface area contributed by atoms with Gasteiger partial charge in [0.1, 0.15) is 12.4 Å². The molecule has 1 aromatic rings. The fraction of sp³-hybridized carbons (Fsp3) is 0.375. The molecule has 5 heteroatoms. The number of aromatic nitrogens is 1. The minimum absolute atomic E-state index is 0.195. The summed E-state index contributed by atoms with van der Waals surface area (Å²) in [5.74, 6) is -0.195. The van der Waals surface area contributed by atoms with Crippen molar-refractivity contribution in [3.63, 3.8) is 0 Å². The van der Waals surface area contributed by atoms with Crippen molar-refractivity contribution in [2.75, 3.05) is 13.8 Å². The van der Waals surface area contributed by atoms with Crippen LogP contribution in [-0.2, 0) is 4.74 Å². The first kappa shape index (κ1) is 9.76. The molecule has 3 N–H and O–H groups in total. The Bertz CT molecular complexity index is 283. The molecule has 1 amide bonds. The van der Waals surface area contributed by atoms with E-state index in [-0.39, 0.29) is 12.6 Å². The number of rotatable bonds is 4. The van der Waals surface area contributed by atoms with Crippen LogP contribution in [0.2, 0.25) is 0 Å². The number of methoxy groups -OCH3 is 1. The van der Waals surface area contributed by atoms with E-state index in [4.69, 9.17) is 4.74 Å². The number of aryl methyl sites for hydroxylation is 1. The van der Waals surface area contributed by atoms with Gasteiger partial charge in [-0.2, -0.15) is 0 Å². The summed E-state index contributed by atoms with van der Waals surface area (Å²) in [6, 6.07) is 1.84. The first-order valence-electron chi connectivity index (χ1n) is 3.92. The Kier molecular flexibility index (Phi) is 3.48. The van der Waals surface area contributed by atoms with Crippen LogP contribution >= 0.6 is 0 Å². The third kappa shape index (κ3) is 2.57. The Hall–Kier alpha value is -1.33. The lowest BCUT2D eigenvalue weighted by Crippen LogP contribution is -2.38. The highest BCUT2D eigenvalue weighted by Gasteiger charge is 2.07. The molecule has 1 aromatic heterocycles. The summed E-state index contributed by atoms with van der Waals surface area (Å²) >= 11 is 0. The smallest absolute Gasteiger partial charge is 0.282 e. The van der Waals surface area contributed by atoms with Crippen molar-refractivity contribution < 1.29 is 9.53 Å². The number of carbonyl (C=O) groups excluding carboxylic acids is 1. The zero-order valence-electron chi connectivity index (χ0n) is 7.68. The van der Waals surface area contributed by atoms with E-state index in [0.717, 1.165) is 5.56 Å². The van der Waals surface area contributed by atoms with Crippen LogP contribution in [-0.4, -0.2) is 24.7 Å². The molecular formula is C8H13N3O2. The molecule has 0 aliphatic carbocycles. The van der Waals surface area contributed by atoms with Crippen LogP contribution in [0.1, 0.15) is 16.1 Å². The van der Waals surface area contributed by atoms with Crippen molar-refractivity contribution in [1.82, 2.24) is 15.8 Å². The van der Waals surface area contributed by atoms with Gasteiger partial charge in [-0.05, 0) is 18.6 Å². The molecule has 0 aliphatic heterocycles. The maximum atomic E-state index is 11.3. The molecular weight excluding hydrogens is 170 g/mol. The van der Waals surface area contributed by atoms with E-state index in [1.54, 1.807) is 13.3 Å². The van der Waals surface area contributed by atoms with E-state index < -0.39 is 0 Å². The van der Waals surface area contributed by atoms with Gasteiger partial charge < -0.3 is 9.72 Å². The number of amides is 1. The maximum Gasteiger partial charge on any atom is 0.282 e. The zero-order valence-corrected chi connectivity index (χ0v) is 7.68. The molecule has 0 radical (unpaired) electrons. The second kappa shape index (κ2) is 4.64. The summed E-state index contributed by atoms with van der Waals surface area (Å²) in [4.78, 5) is 14.2. The Labute approximate surface area is 76.4 Å². The predicted molar refractivity (Wildman–Crippen MR) is 48.0 cm³/mol. The van der Waals surface area contributed by atoms with Gasteiger partial charge in [-0.15, -0.1) is 0 Å². The highest BCUT2D eigenvalue weighted by atomic mass is 16.5. The molecule has 72 valence electrons. The predicted octanol–water partition coefficient (Wildman–Crippen LogP) is 0.161. The van der Waals surface area contributed by atoms with Crippen molar-refractivity contribution in [3.05, 3.63) is 23.5 Å². The zero-order chi connectivity index (χ0) is 9.68. The average molecular weight is 183 g/mol. The molecule has 0 unspecified atom stereocenters. The lowest BCUT2D eigenvalue weighted by molar-refractivity contribution is 0.0880. The number of nitrogens with one attached hydrogen (secondary N) is 3. The number of aromatic amines is 1. The lowest BCUT2D eigenvalue weighted by atomic mass is 10.3. The van der Waals surface area contributed by atoms with Crippen molar-refractivity contribution in [2.45, 2.75) is 6.92 Å². The van der Waals surface area contributed by atoms with Crippen molar-refractivity contribution in [1.29, 1.82) is 0 Å². The van der Waals surface area contributed by atoms with Crippen LogP contribution in [0, 0.1) is 6.92 Å². The molecule has 1 rings (SSSR count). The van der Waals surface area contributed by atoms with Gasteiger partial charge in [0.2, 0.25) is 0 Å². The Morgan fingerprint density at radius 1 is 1.69 bits per heavy atom. The normalized spacial score (nSPS) is 10.0. The molecule has 0 saturated carbocycles. The van der Waals surface area contributed by atoms with Crippen molar-refractivity contribution >= 4 is 5.91 Å². The second-order valence-corrected chi connectivity index (χ2v) is 2.60. The average Bonchev–Trinajstić information content (AvgIpc) is 2.52. The second-order valence-electron chi connectivity index (χ2n) is 2.60. The van der Waals surface area contributed by atoms with Gasteiger partial charge in [0.25, 0.3) is 5.91 Å². The molecule has 0 aliphatic rings.